The van der Waals surface area contributed by atoms with Crippen molar-refractivity contribution in [2.45, 2.75) is 26.7 Å². The average molecular weight is 374 g/mol. The zero-order chi connectivity index (χ0) is 18.0. The van der Waals surface area contributed by atoms with Crippen LogP contribution in [0.2, 0.25) is 5.02 Å². The second-order valence-corrected chi connectivity index (χ2v) is 7.15. The van der Waals surface area contributed by atoms with E-state index in [0.717, 1.165) is 45.5 Å². The molecule has 0 radical (unpaired) electrons. The van der Waals surface area contributed by atoms with Crippen molar-refractivity contribution in [2.75, 3.05) is 12.4 Å². The molecule has 3 aromatic rings. The van der Waals surface area contributed by atoms with Crippen LogP contribution in [0.15, 0.2) is 36.4 Å². The molecule has 0 atom stereocenters. The Labute approximate surface area is 156 Å². The van der Waals surface area contributed by atoms with Gasteiger partial charge >= 0.3 is 0 Å². The van der Waals surface area contributed by atoms with Gasteiger partial charge in [0.25, 0.3) is 5.91 Å². The second kappa shape index (κ2) is 7.46. The van der Waals surface area contributed by atoms with Crippen molar-refractivity contribution in [3.05, 3.63) is 57.4 Å². The number of thiophene rings is 1. The molecule has 3 rings (SSSR count). The first-order chi connectivity index (χ1) is 12.1. The Morgan fingerprint density at radius 1 is 1.16 bits per heavy atom. The first kappa shape index (κ1) is 17.8. The maximum absolute atomic E-state index is 12.9. The van der Waals surface area contributed by atoms with Crippen LogP contribution >= 0.6 is 22.9 Å². The molecule has 0 unspecified atom stereocenters. The Morgan fingerprint density at radius 2 is 1.84 bits per heavy atom. The third kappa shape index (κ3) is 3.37. The molecule has 0 aliphatic heterocycles. The Morgan fingerprint density at radius 3 is 2.44 bits per heavy atom. The number of carbonyl (C=O) groups excluding carboxylic acids is 1. The number of ether oxygens (including phenoxy) is 1. The van der Waals surface area contributed by atoms with Gasteiger partial charge in [-0.1, -0.05) is 43.6 Å². The Kier molecular flexibility index (Phi) is 5.30. The largest absolute Gasteiger partial charge is 0.497 e. The Hall–Kier alpha value is -2.04. The number of rotatable bonds is 5. The van der Waals surface area contributed by atoms with E-state index in [1.54, 1.807) is 7.11 Å². The number of amides is 1. The molecule has 0 fully saturated rings. The van der Waals surface area contributed by atoms with Gasteiger partial charge in [-0.2, -0.15) is 0 Å². The summed E-state index contributed by atoms with van der Waals surface area (Å²) in [4.78, 5) is 13.4. The van der Waals surface area contributed by atoms with Crippen LogP contribution in [0.3, 0.4) is 0 Å². The summed E-state index contributed by atoms with van der Waals surface area (Å²) in [7, 11) is 1.61. The van der Waals surface area contributed by atoms with Gasteiger partial charge < -0.3 is 10.1 Å². The minimum absolute atomic E-state index is 0.166. The van der Waals surface area contributed by atoms with Gasteiger partial charge in [-0.3, -0.25) is 4.79 Å². The molecule has 1 heterocycles. The number of para-hydroxylation sites is 1. The number of benzene rings is 2. The fourth-order valence-corrected chi connectivity index (χ4v) is 4.28. The van der Waals surface area contributed by atoms with Crippen molar-refractivity contribution in [3.8, 4) is 5.75 Å². The normalized spacial score (nSPS) is 10.9. The molecule has 0 spiro atoms. The number of hydrogen-bond acceptors (Lipinski definition) is 3. The van der Waals surface area contributed by atoms with Crippen LogP contribution < -0.4 is 10.1 Å². The number of fused-ring (bicyclic) bond motifs is 1. The van der Waals surface area contributed by atoms with Gasteiger partial charge in [-0.15, -0.1) is 11.3 Å². The van der Waals surface area contributed by atoms with Crippen LogP contribution in [-0.2, 0) is 12.8 Å². The molecule has 3 nitrogen and oxygen atoms in total. The minimum atomic E-state index is -0.166. The van der Waals surface area contributed by atoms with Gasteiger partial charge in [0, 0.05) is 15.8 Å². The highest BCUT2D eigenvalue weighted by molar-refractivity contribution is 7.21. The lowest BCUT2D eigenvalue weighted by molar-refractivity contribution is 0.103. The lowest BCUT2D eigenvalue weighted by Crippen LogP contribution is -2.14. The van der Waals surface area contributed by atoms with Crippen molar-refractivity contribution in [1.29, 1.82) is 0 Å². The molecule has 0 aliphatic carbocycles. The molecule has 0 aliphatic rings. The molecule has 25 heavy (non-hydrogen) atoms. The van der Waals surface area contributed by atoms with Crippen LogP contribution in [-0.4, -0.2) is 13.0 Å². The summed E-state index contributed by atoms with van der Waals surface area (Å²) >= 11 is 7.89. The van der Waals surface area contributed by atoms with E-state index >= 15 is 0 Å². The molecule has 5 heteroatoms. The van der Waals surface area contributed by atoms with Crippen molar-refractivity contribution in [2.24, 2.45) is 0 Å². The second-order valence-electron chi connectivity index (χ2n) is 5.72. The molecule has 1 N–H and O–H groups in total. The topological polar surface area (TPSA) is 38.3 Å². The quantitative estimate of drug-likeness (QED) is 0.601. The number of methoxy groups -OCH3 is 1. The minimum Gasteiger partial charge on any atom is -0.497 e. The number of anilines is 1. The highest BCUT2D eigenvalue weighted by Crippen LogP contribution is 2.38. The summed E-state index contributed by atoms with van der Waals surface area (Å²) in [6.07, 6.45) is 1.72. The number of nitrogens with one attached hydrogen (secondary N) is 1. The van der Waals surface area contributed by atoms with Gasteiger partial charge in [0.2, 0.25) is 0 Å². The van der Waals surface area contributed by atoms with Crippen molar-refractivity contribution >= 4 is 44.6 Å². The van der Waals surface area contributed by atoms with E-state index in [4.69, 9.17) is 16.3 Å². The van der Waals surface area contributed by atoms with E-state index in [0.29, 0.717) is 9.90 Å². The summed E-state index contributed by atoms with van der Waals surface area (Å²) < 4.78 is 6.22. The summed E-state index contributed by atoms with van der Waals surface area (Å²) in [5.74, 6) is 0.560. The first-order valence-electron chi connectivity index (χ1n) is 8.27. The van der Waals surface area contributed by atoms with Crippen molar-refractivity contribution in [3.63, 3.8) is 0 Å². The van der Waals surface area contributed by atoms with Crippen LogP contribution in [0.25, 0.3) is 10.1 Å². The van der Waals surface area contributed by atoms with Crippen molar-refractivity contribution in [1.82, 2.24) is 0 Å². The van der Waals surface area contributed by atoms with E-state index in [1.807, 2.05) is 36.4 Å². The highest BCUT2D eigenvalue weighted by atomic mass is 35.5. The molecule has 1 aromatic heterocycles. The van der Waals surface area contributed by atoms with Gasteiger partial charge in [-0.25, -0.2) is 0 Å². The van der Waals surface area contributed by atoms with E-state index in [1.165, 1.54) is 11.3 Å². The standard InChI is InChI=1S/C20H20ClNO2S/c1-4-12-7-6-8-13(5-2)18(12)22-20(23)19-17(21)15-11-14(24-3)9-10-16(15)25-19/h6-11H,4-5H2,1-3H3,(H,22,23). The predicted octanol–water partition coefficient (Wildman–Crippen LogP) is 5.94. The van der Waals surface area contributed by atoms with E-state index < -0.39 is 0 Å². The zero-order valence-electron chi connectivity index (χ0n) is 14.5. The molecule has 0 saturated heterocycles. The third-order valence-electron chi connectivity index (χ3n) is 4.28. The van der Waals surface area contributed by atoms with Crippen LogP contribution in [0.1, 0.15) is 34.6 Å². The molecular formula is C20H20ClNO2S. The van der Waals surface area contributed by atoms with Gasteiger partial charge in [0.05, 0.1) is 12.1 Å². The monoisotopic (exact) mass is 373 g/mol. The maximum Gasteiger partial charge on any atom is 0.267 e. The maximum atomic E-state index is 12.9. The molecule has 0 saturated carbocycles. The smallest absolute Gasteiger partial charge is 0.267 e. The predicted molar refractivity (Wildman–Crippen MR) is 107 cm³/mol. The number of carbonyl (C=O) groups is 1. The lowest BCUT2D eigenvalue weighted by atomic mass is 10.0. The van der Waals surface area contributed by atoms with E-state index in [9.17, 15) is 4.79 Å². The Bertz CT molecular complexity index is 911. The summed E-state index contributed by atoms with van der Waals surface area (Å²) in [5, 5.41) is 4.40. The third-order valence-corrected chi connectivity index (χ3v) is 5.95. The van der Waals surface area contributed by atoms with Gasteiger partial charge in [0.1, 0.15) is 10.6 Å². The molecule has 2 aromatic carbocycles. The fourth-order valence-electron chi connectivity index (χ4n) is 2.89. The molecule has 0 bridgehead atoms. The number of halogens is 1. The molecular weight excluding hydrogens is 354 g/mol. The van der Waals surface area contributed by atoms with E-state index in [-0.39, 0.29) is 5.91 Å². The number of aryl methyl sites for hydroxylation is 2. The van der Waals surface area contributed by atoms with Crippen LogP contribution in [0.4, 0.5) is 5.69 Å². The summed E-state index contributed by atoms with van der Waals surface area (Å²) in [5.41, 5.74) is 3.17. The highest BCUT2D eigenvalue weighted by Gasteiger charge is 2.19. The lowest BCUT2D eigenvalue weighted by Gasteiger charge is -2.14. The number of hydrogen-bond donors (Lipinski definition) is 1. The molecule has 130 valence electrons. The first-order valence-corrected chi connectivity index (χ1v) is 9.46. The SMILES string of the molecule is CCc1cccc(CC)c1NC(=O)c1sc2ccc(OC)cc2c1Cl. The van der Waals surface area contributed by atoms with Gasteiger partial charge in [-0.05, 0) is 42.2 Å². The van der Waals surface area contributed by atoms with Gasteiger partial charge in [0.15, 0.2) is 0 Å². The van der Waals surface area contributed by atoms with Crippen LogP contribution in [0.5, 0.6) is 5.75 Å². The summed E-state index contributed by atoms with van der Waals surface area (Å²) in [6.45, 7) is 4.17. The zero-order valence-corrected chi connectivity index (χ0v) is 16.1. The molecule has 1 amide bonds. The summed E-state index contributed by atoms with van der Waals surface area (Å²) in [6, 6.07) is 11.8. The van der Waals surface area contributed by atoms with Crippen molar-refractivity contribution < 1.29 is 9.53 Å². The fraction of sp³-hybridized carbons (Fsp3) is 0.250. The average Bonchev–Trinajstić information content (AvgIpc) is 2.98. The van der Waals surface area contributed by atoms with Crippen LogP contribution in [0, 0.1) is 0 Å². The Balaban J connectivity index is 2.00. The van der Waals surface area contributed by atoms with E-state index in [2.05, 4.69) is 19.2 Å².